The molecule has 4 rings (SSSR count). The third kappa shape index (κ3) is 4.32. The highest BCUT2D eigenvalue weighted by molar-refractivity contribution is 7.92. The van der Waals surface area contributed by atoms with E-state index < -0.39 is 10.0 Å². The molecule has 1 aromatic heterocycles. The summed E-state index contributed by atoms with van der Waals surface area (Å²) in [6, 6.07) is 14.6. The van der Waals surface area contributed by atoms with Gasteiger partial charge in [0, 0.05) is 41.8 Å². The number of pyridine rings is 1. The minimum atomic E-state index is -3.72. The normalized spacial score (nSPS) is 14.0. The number of aromatic nitrogens is 1. The highest BCUT2D eigenvalue weighted by Gasteiger charge is 2.22. The lowest BCUT2D eigenvalue weighted by Crippen LogP contribution is -2.28. The maximum absolute atomic E-state index is 12.9. The molecular weight excluding hydrogens is 422 g/mol. The number of hydrogen-bond donors (Lipinski definition) is 1. The minimum Gasteiger partial charge on any atom is -0.339 e. The standard InChI is InChI=1S/C22H20ClN3O3S/c23-17-5-9-19(10-6-17)30(28,29)25-18-7-3-16(4-8-18)21-15-24-12-11-20(21)22(27)26-13-1-2-14-26/h3-12,15,25H,1-2,13-14H2. The number of rotatable bonds is 5. The first-order valence-corrected chi connectivity index (χ1v) is 11.4. The summed E-state index contributed by atoms with van der Waals surface area (Å²) in [7, 11) is -3.72. The van der Waals surface area contributed by atoms with Crippen molar-refractivity contribution in [3.63, 3.8) is 0 Å². The van der Waals surface area contributed by atoms with Gasteiger partial charge in [0.1, 0.15) is 0 Å². The van der Waals surface area contributed by atoms with E-state index in [2.05, 4.69) is 9.71 Å². The van der Waals surface area contributed by atoms with E-state index in [0.717, 1.165) is 37.1 Å². The summed E-state index contributed by atoms with van der Waals surface area (Å²) < 4.78 is 27.6. The number of likely N-dealkylation sites (tertiary alicyclic amines) is 1. The summed E-state index contributed by atoms with van der Waals surface area (Å²) >= 11 is 5.83. The maximum Gasteiger partial charge on any atom is 0.261 e. The number of hydrogen-bond acceptors (Lipinski definition) is 4. The zero-order valence-electron chi connectivity index (χ0n) is 16.1. The molecule has 1 aliphatic rings. The van der Waals surface area contributed by atoms with E-state index in [-0.39, 0.29) is 10.8 Å². The van der Waals surface area contributed by atoms with Crippen molar-refractivity contribution < 1.29 is 13.2 Å². The first-order chi connectivity index (χ1) is 14.4. The van der Waals surface area contributed by atoms with Gasteiger partial charge in [0.25, 0.3) is 15.9 Å². The van der Waals surface area contributed by atoms with Crippen LogP contribution in [0.3, 0.4) is 0 Å². The van der Waals surface area contributed by atoms with Gasteiger partial charge < -0.3 is 4.90 Å². The van der Waals surface area contributed by atoms with E-state index in [9.17, 15) is 13.2 Å². The SMILES string of the molecule is O=C(c1ccncc1-c1ccc(NS(=O)(=O)c2ccc(Cl)cc2)cc1)N1CCCC1. The van der Waals surface area contributed by atoms with Crippen LogP contribution >= 0.6 is 11.6 Å². The Balaban J connectivity index is 1.57. The Bertz CT molecular complexity index is 1160. The van der Waals surface area contributed by atoms with Crippen LogP contribution in [0.1, 0.15) is 23.2 Å². The molecule has 1 fully saturated rings. The number of carbonyl (C=O) groups excluding carboxylic acids is 1. The molecule has 3 aromatic rings. The summed E-state index contributed by atoms with van der Waals surface area (Å²) in [4.78, 5) is 19.0. The van der Waals surface area contributed by atoms with E-state index in [0.29, 0.717) is 16.3 Å². The lowest BCUT2D eigenvalue weighted by atomic mass is 10.0. The molecule has 1 N–H and O–H groups in total. The van der Waals surface area contributed by atoms with Crippen LogP contribution in [-0.2, 0) is 10.0 Å². The fourth-order valence-corrected chi connectivity index (χ4v) is 4.63. The van der Waals surface area contributed by atoms with Gasteiger partial charge in [0.2, 0.25) is 0 Å². The van der Waals surface area contributed by atoms with Crippen LogP contribution in [0.15, 0.2) is 71.9 Å². The molecule has 1 amide bonds. The predicted octanol–water partition coefficient (Wildman–Crippen LogP) is 4.44. The van der Waals surface area contributed by atoms with Crippen LogP contribution in [0.4, 0.5) is 5.69 Å². The molecule has 2 heterocycles. The van der Waals surface area contributed by atoms with Crippen molar-refractivity contribution in [2.24, 2.45) is 0 Å². The molecule has 0 aliphatic carbocycles. The number of halogens is 1. The zero-order chi connectivity index (χ0) is 21.1. The Kier molecular flexibility index (Phi) is 5.74. The first-order valence-electron chi connectivity index (χ1n) is 9.56. The molecule has 0 spiro atoms. The zero-order valence-corrected chi connectivity index (χ0v) is 17.7. The number of carbonyl (C=O) groups is 1. The number of sulfonamides is 1. The fourth-order valence-electron chi connectivity index (χ4n) is 3.45. The summed E-state index contributed by atoms with van der Waals surface area (Å²) in [6.45, 7) is 1.54. The van der Waals surface area contributed by atoms with E-state index in [1.54, 1.807) is 42.7 Å². The summed E-state index contributed by atoms with van der Waals surface area (Å²) in [6.07, 6.45) is 5.32. The van der Waals surface area contributed by atoms with Crippen LogP contribution in [0.5, 0.6) is 0 Å². The van der Waals surface area contributed by atoms with Gasteiger partial charge >= 0.3 is 0 Å². The Morgan fingerprint density at radius 1 is 0.967 bits per heavy atom. The van der Waals surface area contributed by atoms with Gasteiger partial charge in [-0.3, -0.25) is 14.5 Å². The number of nitrogens with zero attached hydrogens (tertiary/aromatic N) is 2. The van der Waals surface area contributed by atoms with Gasteiger partial charge in [-0.25, -0.2) is 8.42 Å². The van der Waals surface area contributed by atoms with E-state index >= 15 is 0 Å². The number of amides is 1. The number of anilines is 1. The summed E-state index contributed by atoms with van der Waals surface area (Å²) in [5.74, 6) is -0.00239. The molecule has 1 aliphatic heterocycles. The molecule has 0 unspecified atom stereocenters. The highest BCUT2D eigenvalue weighted by Crippen LogP contribution is 2.27. The maximum atomic E-state index is 12.9. The Morgan fingerprint density at radius 2 is 1.63 bits per heavy atom. The second-order valence-corrected chi connectivity index (χ2v) is 9.18. The van der Waals surface area contributed by atoms with E-state index in [4.69, 9.17) is 11.6 Å². The average Bonchev–Trinajstić information content (AvgIpc) is 3.29. The molecule has 2 aromatic carbocycles. The van der Waals surface area contributed by atoms with Crippen molar-refractivity contribution >= 4 is 33.2 Å². The van der Waals surface area contributed by atoms with Gasteiger partial charge in [-0.05, 0) is 60.9 Å². The van der Waals surface area contributed by atoms with Crippen LogP contribution in [-0.4, -0.2) is 37.3 Å². The predicted molar refractivity (Wildman–Crippen MR) is 117 cm³/mol. The molecule has 6 nitrogen and oxygen atoms in total. The largest absolute Gasteiger partial charge is 0.339 e. The monoisotopic (exact) mass is 441 g/mol. The highest BCUT2D eigenvalue weighted by atomic mass is 35.5. The summed E-state index contributed by atoms with van der Waals surface area (Å²) in [5.41, 5.74) is 2.54. The third-order valence-corrected chi connectivity index (χ3v) is 6.67. The summed E-state index contributed by atoms with van der Waals surface area (Å²) in [5, 5.41) is 0.467. The van der Waals surface area contributed by atoms with Crippen molar-refractivity contribution in [2.75, 3.05) is 17.8 Å². The van der Waals surface area contributed by atoms with E-state index in [1.807, 2.05) is 4.90 Å². The number of benzene rings is 2. The molecule has 30 heavy (non-hydrogen) atoms. The van der Waals surface area contributed by atoms with Gasteiger partial charge in [-0.15, -0.1) is 0 Å². The van der Waals surface area contributed by atoms with Crippen molar-refractivity contribution in [1.82, 2.24) is 9.88 Å². The van der Waals surface area contributed by atoms with Crippen LogP contribution in [0, 0.1) is 0 Å². The minimum absolute atomic E-state index is 0.00239. The Morgan fingerprint density at radius 3 is 2.30 bits per heavy atom. The average molecular weight is 442 g/mol. The van der Waals surface area contributed by atoms with E-state index in [1.165, 1.54) is 24.3 Å². The lowest BCUT2D eigenvalue weighted by molar-refractivity contribution is 0.0793. The Labute approximate surface area is 180 Å². The molecule has 8 heteroatoms. The van der Waals surface area contributed by atoms with Gasteiger partial charge in [-0.1, -0.05) is 23.7 Å². The second kappa shape index (κ2) is 8.45. The molecule has 154 valence electrons. The first kappa shape index (κ1) is 20.4. The van der Waals surface area contributed by atoms with Crippen molar-refractivity contribution in [2.45, 2.75) is 17.7 Å². The topological polar surface area (TPSA) is 79.4 Å². The van der Waals surface area contributed by atoms with Crippen molar-refractivity contribution in [3.05, 3.63) is 77.6 Å². The molecule has 0 bridgehead atoms. The number of nitrogens with one attached hydrogen (secondary N) is 1. The molecule has 0 atom stereocenters. The van der Waals surface area contributed by atoms with Gasteiger partial charge in [0.05, 0.1) is 10.5 Å². The Hall–Kier alpha value is -2.90. The van der Waals surface area contributed by atoms with Crippen molar-refractivity contribution in [1.29, 1.82) is 0 Å². The second-order valence-electron chi connectivity index (χ2n) is 7.06. The third-order valence-electron chi connectivity index (χ3n) is 5.02. The molecule has 1 saturated heterocycles. The smallest absolute Gasteiger partial charge is 0.261 e. The molecule has 0 saturated carbocycles. The van der Waals surface area contributed by atoms with Gasteiger partial charge in [0.15, 0.2) is 0 Å². The molecular formula is C22H20ClN3O3S. The van der Waals surface area contributed by atoms with Crippen molar-refractivity contribution in [3.8, 4) is 11.1 Å². The van der Waals surface area contributed by atoms with Crippen LogP contribution in [0.2, 0.25) is 5.02 Å². The van der Waals surface area contributed by atoms with Crippen LogP contribution < -0.4 is 4.72 Å². The fraction of sp³-hybridized carbons (Fsp3) is 0.182. The molecule has 0 radical (unpaired) electrons. The van der Waals surface area contributed by atoms with Crippen LogP contribution in [0.25, 0.3) is 11.1 Å². The van der Waals surface area contributed by atoms with Gasteiger partial charge in [-0.2, -0.15) is 0 Å². The lowest BCUT2D eigenvalue weighted by Gasteiger charge is -2.17. The quantitative estimate of drug-likeness (QED) is 0.634.